The summed E-state index contributed by atoms with van der Waals surface area (Å²) in [4.78, 5) is 0. The van der Waals surface area contributed by atoms with Crippen LogP contribution in [0.5, 0.6) is 0 Å². The standard InChI is InChI=1S/C16H23Cl2NO/c1-2-15(11-7-8-13(17)14(18)9-11)19-16-6-4-3-5-12(16)10-20/h7-9,12,15-16,19-20H,2-6,10H2,1H3. The van der Waals surface area contributed by atoms with Crippen LogP contribution in [0.3, 0.4) is 0 Å². The third-order valence-electron chi connectivity index (χ3n) is 4.31. The first-order valence-electron chi connectivity index (χ1n) is 7.47. The summed E-state index contributed by atoms with van der Waals surface area (Å²) in [7, 11) is 0. The van der Waals surface area contributed by atoms with E-state index in [1.54, 1.807) is 0 Å². The number of rotatable bonds is 5. The van der Waals surface area contributed by atoms with Crippen LogP contribution in [0.25, 0.3) is 0 Å². The zero-order valence-electron chi connectivity index (χ0n) is 11.9. The highest BCUT2D eigenvalue weighted by molar-refractivity contribution is 6.42. The SMILES string of the molecule is CCC(NC1CCCCC1CO)c1ccc(Cl)c(Cl)c1. The lowest BCUT2D eigenvalue weighted by atomic mass is 9.84. The molecule has 0 aromatic heterocycles. The van der Waals surface area contributed by atoms with Gasteiger partial charge in [0.25, 0.3) is 0 Å². The Morgan fingerprint density at radius 1 is 1.25 bits per heavy atom. The summed E-state index contributed by atoms with van der Waals surface area (Å²) in [6.07, 6.45) is 5.72. The predicted octanol–water partition coefficient (Wildman–Crippen LogP) is 4.59. The topological polar surface area (TPSA) is 32.3 Å². The lowest BCUT2D eigenvalue weighted by Gasteiger charge is -2.34. The molecule has 0 heterocycles. The fraction of sp³-hybridized carbons (Fsp3) is 0.625. The first-order chi connectivity index (χ1) is 9.65. The van der Waals surface area contributed by atoms with Crippen molar-refractivity contribution in [2.75, 3.05) is 6.61 Å². The van der Waals surface area contributed by atoms with Crippen LogP contribution in [-0.2, 0) is 0 Å². The van der Waals surface area contributed by atoms with Crippen LogP contribution in [0.4, 0.5) is 0 Å². The van der Waals surface area contributed by atoms with Crippen LogP contribution >= 0.6 is 23.2 Å². The van der Waals surface area contributed by atoms with Gasteiger partial charge in [-0.25, -0.2) is 0 Å². The van der Waals surface area contributed by atoms with Crippen molar-refractivity contribution in [3.63, 3.8) is 0 Å². The van der Waals surface area contributed by atoms with Gasteiger partial charge >= 0.3 is 0 Å². The molecule has 2 nitrogen and oxygen atoms in total. The zero-order valence-corrected chi connectivity index (χ0v) is 13.4. The predicted molar refractivity (Wildman–Crippen MR) is 85.5 cm³/mol. The van der Waals surface area contributed by atoms with E-state index in [1.165, 1.54) is 18.4 Å². The fourth-order valence-corrected chi connectivity index (χ4v) is 3.39. The molecule has 0 bridgehead atoms. The highest BCUT2D eigenvalue weighted by atomic mass is 35.5. The maximum atomic E-state index is 9.52. The van der Waals surface area contributed by atoms with E-state index in [4.69, 9.17) is 23.2 Å². The summed E-state index contributed by atoms with van der Waals surface area (Å²) in [6.45, 7) is 2.44. The Balaban J connectivity index is 2.09. The van der Waals surface area contributed by atoms with Crippen molar-refractivity contribution in [1.82, 2.24) is 5.32 Å². The van der Waals surface area contributed by atoms with E-state index in [2.05, 4.69) is 12.2 Å². The summed E-state index contributed by atoms with van der Waals surface area (Å²) in [5.41, 5.74) is 1.17. The monoisotopic (exact) mass is 315 g/mol. The number of aliphatic hydroxyl groups excluding tert-OH is 1. The van der Waals surface area contributed by atoms with Gasteiger partial charge in [-0.15, -0.1) is 0 Å². The third-order valence-corrected chi connectivity index (χ3v) is 5.05. The summed E-state index contributed by atoms with van der Waals surface area (Å²) in [5.74, 6) is 0.376. The van der Waals surface area contributed by atoms with Gasteiger partial charge in [0, 0.05) is 18.7 Å². The highest BCUT2D eigenvalue weighted by Gasteiger charge is 2.26. The molecule has 2 N–H and O–H groups in total. The Morgan fingerprint density at radius 2 is 2.00 bits per heavy atom. The quantitative estimate of drug-likeness (QED) is 0.833. The minimum Gasteiger partial charge on any atom is -0.396 e. The van der Waals surface area contributed by atoms with Crippen LogP contribution in [0.1, 0.15) is 50.6 Å². The highest BCUT2D eigenvalue weighted by Crippen LogP contribution is 2.30. The number of halogens is 2. The molecule has 0 amide bonds. The van der Waals surface area contributed by atoms with Gasteiger partial charge < -0.3 is 10.4 Å². The average Bonchev–Trinajstić information content (AvgIpc) is 2.48. The van der Waals surface area contributed by atoms with E-state index in [9.17, 15) is 5.11 Å². The van der Waals surface area contributed by atoms with Crippen molar-refractivity contribution in [2.24, 2.45) is 5.92 Å². The Kier molecular flexibility index (Phi) is 6.16. The van der Waals surface area contributed by atoms with E-state index >= 15 is 0 Å². The van der Waals surface area contributed by atoms with Crippen LogP contribution < -0.4 is 5.32 Å². The van der Waals surface area contributed by atoms with Crippen molar-refractivity contribution >= 4 is 23.2 Å². The van der Waals surface area contributed by atoms with Gasteiger partial charge in [-0.2, -0.15) is 0 Å². The summed E-state index contributed by atoms with van der Waals surface area (Å²) in [5, 5.41) is 14.4. The van der Waals surface area contributed by atoms with Gasteiger partial charge in [0.1, 0.15) is 0 Å². The molecule has 1 aromatic rings. The van der Waals surface area contributed by atoms with Crippen molar-refractivity contribution in [1.29, 1.82) is 0 Å². The molecule has 0 radical (unpaired) electrons. The smallest absolute Gasteiger partial charge is 0.0595 e. The molecule has 0 aliphatic heterocycles. The molecule has 4 heteroatoms. The fourth-order valence-electron chi connectivity index (χ4n) is 3.08. The molecule has 1 fully saturated rings. The van der Waals surface area contributed by atoms with E-state index < -0.39 is 0 Å². The number of aliphatic hydroxyl groups is 1. The molecule has 1 saturated carbocycles. The van der Waals surface area contributed by atoms with Gasteiger partial charge in [0.2, 0.25) is 0 Å². The second-order valence-electron chi connectivity index (χ2n) is 5.63. The maximum Gasteiger partial charge on any atom is 0.0595 e. The molecule has 2 rings (SSSR count). The van der Waals surface area contributed by atoms with Crippen molar-refractivity contribution < 1.29 is 5.11 Å². The molecule has 1 aromatic carbocycles. The molecule has 0 saturated heterocycles. The first kappa shape index (κ1) is 16.1. The average molecular weight is 316 g/mol. The Labute approximate surface area is 131 Å². The minimum absolute atomic E-state index is 0.266. The van der Waals surface area contributed by atoms with E-state index in [0.29, 0.717) is 22.0 Å². The molecule has 112 valence electrons. The van der Waals surface area contributed by atoms with Gasteiger partial charge in [-0.1, -0.05) is 49.0 Å². The van der Waals surface area contributed by atoms with E-state index in [1.807, 2.05) is 18.2 Å². The van der Waals surface area contributed by atoms with Crippen molar-refractivity contribution in [3.8, 4) is 0 Å². The van der Waals surface area contributed by atoms with E-state index in [0.717, 1.165) is 19.3 Å². The lowest BCUT2D eigenvalue weighted by molar-refractivity contribution is 0.145. The number of benzene rings is 1. The van der Waals surface area contributed by atoms with Crippen LogP contribution in [-0.4, -0.2) is 17.8 Å². The molecule has 1 aliphatic carbocycles. The van der Waals surface area contributed by atoms with Crippen LogP contribution in [0.2, 0.25) is 10.0 Å². The number of hydrogen-bond acceptors (Lipinski definition) is 2. The lowest BCUT2D eigenvalue weighted by Crippen LogP contribution is -2.42. The van der Waals surface area contributed by atoms with Gasteiger partial charge in [-0.3, -0.25) is 0 Å². The second-order valence-corrected chi connectivity index (χ2v) is 6.45. The number of hydrogen-bond donors (Lipinski definition) is 2. The number of nitrogens with one attached hydrogen (secondary N) is 1. The molecule has 0 spiro atoms. The third kappa shape index (κ3) is 3.88. The molecule has 1 aliphatic rings. The normalized spacial score (nSPS) is 24.6. The van der Waals surface area contributed by atoms with Crippen LogP contribution in [0, 0.1) is 5.92 Å². The second kappa shape index (κ2) is 7.65. The Morgan fingerprint density at radius 3 is 2.65 bits per heavy atom. The van der Waals surface area contributed by atoms with Gasteiger partial charge in [0.15, 0.2) is 0 Å². The van der Waals surface area contributed by atoms with Crippen molar-refractivity contribution in [3.05, 3.63) is 33.8 Å². The Hall–Kier alpha value is -0.280. The largest absolute Gasteiger partial charge is 0.396 e. The Bertz CT molecular complexity index is 438. The van der Waals surface area contributed by atoms with Gasteiger partial charge in [0.05, 0.1) is 10.0 Å². The molecule has 20 heavy (non-hydrogen) atoms. The zero-order chi connectivity index (χ0) is 14.5. The van der Waals surface area contributed by atoms with E-state index in [-0.39, 0.29) is 12.6 Å². The minimum atomic E-state index is 0.266. The summed E-state index contributed by atoms with van der Waals surface area (Å²) < 4.78 is 0. The summed E-state index contributed by atoms with van der Waals surface area (Å²) >= 11 is 12.1. The van der Waals surface area contributed by atoms with Crippen molar-refractivity contribution in [2.45, 2.75) is 51.1 Å². The molecular weight excluding hydrogens is 293 g/mol. The molecule has 3 atom stereocenters. The molecular formula is C16H23Cl2NO. The first-order valence-corrected chi connectivity index (χ1v) is 8.23. The van der Waals surface area contributed by atoms with Crippen LogP contribution in [0.15, 0.2) is 18.2 Å². The van der Waals surface area contributed by atoms with Gasteiger partial charge in [-0.05, 0) is 42.9 Å². The maximum absolute atomic E-state index is 9.52. The molecule has 3 unspecified atom stereocenters. The summed E-state index contributed by atoms with van der Waals surface area (Å²) in [6, 6.07) is 6.50.